The lowest BCUT2D eigenvalue weighted by Crippen LogP contribution is -2.52. The molecule has 3 heterocycles. The van der Waals surface area contributed by atoms with Gasteiger partial charge in [0.05, 0.1) is 13.0 Å². The van der Waals surface area contributed by atoms with E-state index in [0.29, 0.717) is 39.3 Å². The maximum Gasteiger partial charge on any atom is 0.236 e. The minimum atomic E-state index is 0.124. The zero-order valence-corrected chi connectivity index (χ0v) is 16.4. The summed E-state index contributed by atoms with van der Waals surface area (Å²) in [5.41, 5.74) is 0.942. The Labute approximate surface area is 166 Å². The molecule has 0 saturated carbocycles. The number of nitrogens with zero attached hydrogens (tertiary/aromatic N) is 3. The van der Waals surface area contributed by atoms with Crippen molar-refractivity contribution in [3.63, 3.8) is 0 Å². The second-order valence-corrected chi connectivity index (χ2v) is 7.75. The number of hydrogen-bond donors (Lipinski definition) is 0. The van der Waals surface area contributed by atoms with E-state index in [1.807, 2.05) is 28.0 Å². The first-order chi connectivity index (χ1) is 13.7. The van der Waals surface area contributed by atoms with Gasteiger partial charge < -0.3 is 19.3 Å². The highest BCUT2D eigenvalue weighted by molar-refractivity contribution is 5.80. The van der Waals surface area contributed by atoms with Crippen molar-refractivity contribution in [3.8, 4) is 11.5 Å². The first-order valence-corrected chi connectivity index (χ1v) is 10.4. The molecule has 7 heteroatoms. The third kappa shape index (κ3) is 4.58. The summed E-state index contributed by atoms with van der Waals surface area (Å²) in [5.74, 6) is 1.82. The Morgan fingerprint density at radius 3 is 2.21 bits per heavy atom. The van der Waals surface area contributed by atoms with E-state index >= 15 is 0 Å². The third-order valence-electron chi connectivity index (χ3n) is 5.75. The zero-order valence-electron chi connectivity index (χ0n) is 16.4. The Balaban J connectivity index is 1.24. The van der Waals surface area contributed by atoms with Crippen molar-refractivity contribution >= 4 is 11.8 Å². The van der Waals surface area contributed by atoms with Gasteiger partial charge in [-0.05, 0) is 37.0 Å². The first-order valence-electron chi connectivity index (χ1n) is 10.4. The molecule has 152 valence electrons. The smallest absolute Gasteiger partial charge is 0.236 e. The van der Waals surface area contributed by atoms with Gasteiger partial charge in [-0.15, -0.1) is 0 Å². The molecule has 0 N–H and O–H groups in total. The van der Waals surface area contributed by atoms with Crippen molar-refractivity contribution < 1.29 is 19.1 Å². The number of piperazine rings is 1. The molecule has 3 aliphatic heterocycles. The van der Waals surface area contributed by atoms with Gasteiger partial charge >= 0.3 is 0 Å². The summed E-state index contributed by atoms with van der Waals surface area (Å²) in [6.07, 6.45) is 3.83. The van der Waals surface area contributed by atoms with Crippen molar-refractivity contribution in [1.82, 2.24) is 14.7 Å². The monoisotopic (exact) mass is 387 g/mol. The molecular formula is C21H29N3O4. The van der Waals surface area contributed by atoms with Crippen LogP contribution in [0.15, 0.2) is 18.2 Å². The molecular weight excluding hydrogens is 358 g/mol. The molecule has 0 spiro atoms. The summed E-state index contributed by atoms with van der Waals surface area (Å²) in [6, 6.07) is 5.71. The Hall–Kier alpha value is -2.28. The second kappa shape index (κ2) is 8.82. The first kappa shape index (κ1) is 19.1. The highest BCUT2D eigenvalue weighted by atomic mass is 16.6. The van der Waals surface area contributed by atoms with E-state index in [1.165, 1.54) is 6.42 Å². The van der Waals surface area contributed by atoms with Crippen LogP contribution in [0.4, 0.5) is 0 Å². The van der Waals surface area contributed by atoms with Gasteiger partial charge in [0.15, 0.2) is 11.5 Å². The van der Waals surface area contributed by atoms with Crippen LogP contribution in [-0.4, -0.2) is 85.5 Å². The predicted molar refractivity (Wildman–Crippen MR) is 105 cm³/mol. The minimum Gasteiger partial charge on any atom is -0.486 e. The van der Waals surface area contributed by atoms with Crippen LogP contribution in [0.5, 0.6) is 11.5 Å². The van der Waals surface area contributed by atoms with Gasteiger partial charge in [-0.25, -0.2) is 0 Å². The van der Waals surface area contributed by atoms with Crippen LogP contribution in [0.3, 0.4) is 0 Å². The number of amides is 2. The topological polar surface area (TPSA) is 62.3 Å². The number of carbonyl (C=O) groups excluding carboxylic acids is 2. The molecule has 0 atom stereocenters. The van der Waals surface area contributed by atoms with Crippen LogP contribution in [0, 0.1) is 0 Å². The quantitative estimate of drug-likeness (QED) is 0.776. The van der Waals surface area contributed by atoms with Crippen LogP contribution < -0.4 is 9.47 Å². The number of carbonyl (C=O) groups is 2. The number of rotatable bonds is 4. The summed E-state index contributed by atoms with van der Waals surface area (Å²) in [5, 5.41) is 0. The normalized spacial score (nSPS) is 20.1. The van der Waals surface area contributed by atoms with Crippen molar-refractivity contribution in [2.75, 3.05) is 59.0 Å². The van der Waals surface area contributed by atoms with Gasteiger partial charge in [0.1, 0.15) is 13.2 Å². The highest BCUT2D eigenvalue weighted by Crippen LogP contribution is 2.31. The Kier molecular flexibility index (Phi) is 6.00. The maximum absolute atomic E-state index is 12.7. The van der Waals surface area contributed by atoms with E-state index in [0.717, 1.165) is 56.1 Å². The lowest BCUT2D eigenvalue weighted by molar-refractivity contribution is -0.135. The predicted octanol–water partition coefficient (Wildman–Crippen LogP) is 1.16. The number of fused-ring (bicyclic) bond motifs is 1. The fourth-order valence-corrected chi connectivity index (χ4v) is 4.07. The minimum absolute atomic E-state index is 0.124. The van der Waals surface area contributed by atoms with Gasteiger partial charge in [0, 0.05) is 39.3 Å². The number of benzene rings is 1. The Morgan fingerprint density at radius 1 is 0.786 bits per heavy atom. The molecule has 0 radical (unpaired) electrons. The number of ether oxygens (including phenoxy) is 2. The standard InChI is InChI=1S/C21H29N3O4/c25-20(15-17-4-5-18-19(14-17)28-13-12-27-18)24-10-8-22(9-11-24)16-21(26)23-6-2-1-3-7-23/h4-5,14H,1-3,6-13,15-16H2. The molecule has 0 bridgehead atoms. The van der Waals surface area contributed by atoms with E-state index in [1.54, 1.807) is 0 Å². The lowest BCUT2D eigenvalue weighted by Gasteiger charge is -2.36. The molecule has 0 aromatic heterocycles. The van der Waals surface area contributed by atoms with E-state index in [9.17, 15) is 9.59 Å². The SMILES string of the molecule is O=C(Cc1ccc2c(c1)OCCO2)N1CCN(CC(=O)N2CCCCC2)CC1. The molecule has 2 saturated heterocycles. The summed E-state index contributed by atoms with van der Waals surface area (Å²) >= 11 is 0. The average molecular weight is 387 g/mol. The van der Waals surface area contributed by atoms with Gasteiger partial charge in [0.2, 0.25) is 11.8 Å². The van der Waals surface area contributed by atoms with Gasteiger partial charge in [-0.1, -0.05) is 6.07 Å². The molecule has 0 unspecified atom stereocenters. The highest BCUT2D eigenvalue weighted by Gasteiger charge is 2.25. The molecule has 0 aliphatic carbocycles. The molecule has 3 aliphatic rings. The van der Waals surface area contributed by atoms with Gasteiger partial charge in [0.25, 0.3) is 0 Å². The van der Waals surface area contributed by atoms with Crippen molar-refractivity contribution in [2.24, 2.45) is 0 Å². The van der Waals surface area contributed by atoms with E-state index < -0.39 is 0 Å². The van der Waals surface area contributed by atoms with Crippen LogP contribution in [0.1, 0.15) is 24.8 Å². The van der Waals surface area contributed by atoms with Gasteiger partial charge in [-0.2, -0.15) is 0 Å². The molecule has 2 amide bonds. The summed E-state index contributed by atoms with van der Waals surface area (Å²) in [4.78, 5) is 31.2. The lowest BCUT2D eigenvalue weighted by atomic mass is 10.1. The molecule has 4 rings (SSSR count). The molecule has 1 aromatic rings. The van der Waals surface area contributed by atoms with Crippen molar-refractivity contribution in [2.45, 2.75) is 25.7 Å². The maximum atomic E-state index is 12.7. The van der Waals surface area contributed by atoms with E-state index in [-0.39, 0.29) is 11.8 Å². The molecule has 2 fully saturated rings. The van der Waals surface area contributed by atoms with E-state index in [2.05, 4.69) is 4.90 Å². The molecule has 7 nitrogen and oxygen atoms in total. The van der Waals surface area contributed by atoms with Crippen LogP contribution >= 0.6 is 0 Å². The zero-order chi connectivity index (χ0) is 19.3. The van der Waals surface area contributed by atoms with Crippen LogP contribution in [0.2, 0.25) is 0 Å². The summed E-state index contributed by atoms with van der Waals surface area (Å²) in [6.45, 7) is 6.24. The van der Waals surface area contributed by atoms with Crippen molar-refractivity contribution in [1.29, 1.82) is 0 Å². The fraction of sp³-hybridized carbons (Fsp3) is 0.619. The molecule has 28 heavy (non-hydrogen) atoms. The number of piperidine rings is 1. The van der Waals surface area contributed by atoms with E-state index in [4.69, 9.17) is 9.47 Å². The third-order valence-corrected chi connectivity index (χ3v) is 5.75. The largest absolute Gasteiger partial charge is 0.486 e. The number of hydrogen-bond acceptors (Lipinski definition) is 5. The Morgan fingerprint density at radius 2 is 1.46 bits per heavy atom. The second-order valence-electron chi connectivity index (χ2n) is 7.75. The summed E-state index contributed by atoms with van der Waals surface area (Å²) in [7, 11) is 0. The van der Waals surface area contributed by atoms with Gasteiger partial charge in [-0.3, -0.25) is 14.5 Å². The van der Waals surface area contributed by atoms with Crippen LogP contribution in [0.25, 0.3) is 0 Å². The number of likely N-dealkylation sites (tertiary alicyclic amines) is 1. The van der Waals surface area contributed by atoms with Crippen molar-refractivity contribution in [3.05, 3.63) is 23.8 Å². The average Bonchev–Trinajstić information content (AvgIpc) is 2.75. The van der Waals surface area contributed by atoms with Crippen LogP contribution in [-0.2, 0) is 16.0 Å². The fourth-order valence-electron chi connectivity index (χ4n) is 4.07. The Bertz CT molecular complexity index is 710. The summed E-state index contributed by atoms with van der Waals surface area (Å²) < 4.78 is 11.1. The molecule has 1 aromatic carbocycles.